The zero-order valence-corrected chi connectivity index (χ0v) is 12.6. The summed E-state index contributed by atoms with van der Waals surface area (Å²) in [5.41, 5.74) is 0. The van der Waals surface area contributed by atoms with Crippen LogP contribution in [0.1, 0.15) is 33.6 Å². The fourth-order valence-corrected chi connectivity index (χ4v) is 2.06. The Kier molecular flexibility index (Phi) is 8.14. The largest absolute Gasteiger partial charge is 0.480 e. The minimum absolute atomic E-state index is 0.0380. The lowest BCUT2D eigenvalue weighted by molar-refractivity contribution is -0.139. The molecule has 0 rings (SSSR count). The Bertz CT molecular complexity index is 295. The SMILES string of the molecule is CCC[C@@H](NC(=O)N(CC)C(C)CN(C)C)C(=O)O. The molecule has 0 bridgehead atoms. The van der Waals surface area contributed by atoms with Crippen LogP contribution in [0.15, 0.2) is 0 Å². The van der Waals surface area contributed by atoms with Crippen LogP contribution < -0.4 is 5.32 Å². The molecule has 2 amide bonds. The van der Waals surface area contributed by atoms with Gasteiger partial charge in [0, 0.05) is 19.1 Å². The van der Waals surface area contributed by atoms with Crippen LogP contribution in [0.4, 0.5) is 4.79 Å². The number of nitrogens with one attached hydrogen (secondary N) is 1. The fraction of sp³-hybridized carbons (Fsp3) is 0.846. The molecule has 0 aliphatic heterocycles. The van der Waals surface area contributed by atoms with E-state index < -0.39 is 12.0 Å². The van der Waals surface area contributed by atoms with Gasteiger partial charge in [0.2, 0.25) is 0 Å². The van der Waals surface area contributed by atoms with Crippen molar-refractivity contribution in [3.05, 3.63) is 0 Å². The van der Waals surface area contributed by atoms with Crippen molar-refractivity contribution in [1.29, 1.82) is 0 Å². The van der Waals surface area contributed by atoms with Gasteiger partial charge in [-0.3, -0.25) is 0 Å². The second-order valence-electron chi connectivity index (χ2n) is 5.03. The molecule has 0 radical (unpaired) electrons. The Morgan fingerprint density at radius 3 is 2.21 bits per heavy atom. The van der Waals surface area contributed by atoms with Crippen molar-refractivity contribution in [2.24, 2.45) is 0 Å². The monoisotopic (exact) mass is 273 g/mol. The van der Waals surface area contributed by atoms with Gasteiger partial charge < -0.3 is 20.2 Å². The lowest BCUT2D eigenvalue weighted by atomic mass is 10.2. The standard InChI is InChI=1S/C13H27N3O3/c1-6-8-11(12(17)18)14-13(19)16(7-2)10(3)9-15(4)5/h10-11H,6-9H2,1-5H3,(H,14,19)(H,17,18)/t10?,11-/m1/s1. The molecule has 0 aromatic heterocycles. The molecule has 112 valence electrons. The number of carboxylic acids is 1. The van der Waals surface area contributed by atoms with Gasteiger partial charge in [-0.25, -0.2) is 9.59 Å². The van der Waals surface area contributed by atoms with Crippen molar-refractivity contribution < 1.29 is 14.7 Å². The van der Waals surface area contributed by atoms with E-state index in [0.717, 1.165) is 13.0 Å². The number of carbonyl (C=O) groups is 2. The van der Waals surface area contributed by atoms with E-state index in [4.69, 9.17) is 5.11 Å². The molecule has 1 unspecified atom stereocenters. The van der Waals surface area contributed by atoms with Gasteiger partial charge >= 0.3 is 12.0 Å². The molecule has 0 aromatic carbocycles. The van der Waals surface area contributed by atoms with Crippen LogP contribution in [-0.2, 0) is 4.79 Å². The van der Waals surface area contributed by atoms with Crippen molar-refractivity contribution in [1.82, 2.24) is 15.1 Å². The molecule has 2 N–H and O–H groups in total. The number of hydrogen-bond acceptors (Lipinski definition) is 3. The minimum atomic E-state index is -0.980. The first kappa shape index (κ1) is 17.7. The summed E-state index contributed by atoms with van der Waals surface area (Å²) in [5, 5.41) is 11.6. The molecular weight excluding hydrogens is 246 g/mol. The Balaban J connectivity index is 4.61. The summed E-state index contributed by atoms with van der Waals surface area (Å²) in [7, 11) is 3.89. The Morgan fingerprint density at radius 2 is 1.84 bits per heavy atom. The van der Waals surface area contributed by atoms with E-state index in [1.807, 2.05) is 39.8 Å². The maximum Gasteiger partial charge on any atom is 0.326 e. The highest BCUT2D eigenvalue weighted by molar-refractivity contribution is 5.82. The highest BCUT2D eigenvalue weighted by atomic mass is 16.4. The molecule has 0 saturated heterocycles. The summed E-state index contributed by atoms with van der Waals surface area (Å²) in [6.45, 7) is 7.04. The van der Waals surface area contributed by atoms with E-state index in [-0.39, 0.29) is 12.1 Å². The number of hydrogen-bond donors (Lipinski definition) is 2. The van der Waals surface area contributed by atoms with Crippen LogP contribution in [-0.4, -0.2) is 66.2 Å². The molecular formula is C13H27N3O3. The summed E-state index contributed by atoms with van der Waals surface area (Å²) in [6.07, 6.45) is 1.16. The van der Waals surface area contributed by atoms with E-state index in [9.17, 15) is 9.59 Å². The molecule has 0 aliphatic carbocycles. The van der Waals surface area contributed by atoms with Crippen molar-refractivity contribution in [3.63, 3.8) is 0 Å². The van der Waals surface area contributed by atoms with Gasteiger partial charge in [-0.15, -0.1) is 0 Å². The third-order valence-electron chi connectivity index (χ3n) is 2.94. The van der Waals surface area contributed by atoms with Crippen molar-refractivity contribution in [3.8, 4) is 0 Å². The quantitative estimate of drug-likeness (QED) is 0.697. The lowest BCUT2D eigenvalue weighted by Crippen LogP contribution is -2.52. The number of rotatable bonds is 8. The van der Waals surface area contributed by atoms with Gasteiger partial charge in [0.05, 0.1) is 0 Å². The third-order valence-corrected chi connectivity index (χ3v) is 2.94. The first-order valence-corrected chi connectivity index (χ1v) is 6.78. The number of carbonyl (C=O) groups excluding carboxylic acids is 1. The summed E-state index contributed by atoms with van der Waals surface area (Å²) in [6, 6.07) is -1.08. The summed E-state index contributed by atoms with van der Waals surface area (Å²) < 4.78 is 0. The number of aliphatic carboxylic acids is 1. The normalized spacial score (nSPS) is 14.0. The highest BCUT2D eigenvalue weighted by Crippen LogP contribution is 2.04. The number of amides is 2. The lowest BCUT2D eigenvalue weighted by Gasteiger charge is -2.31. The second kappa shape index (κ2) is 8.74. The molecule has 19 heavy (non-hydrogen) atoms. The van der Waals surface area contributed by atoms with Crippen LogP contribution >= 0.6 is 0 Å². The first-order chi connectivity index (χ1) is 8.83. The zero-order chi connectivity index (χ0) is 15.0. The summed E-state index contributed by atoms with van der Waals surface area (Å²) >= 11 is 0. The van der Waals surface area contributed by atoms with Gasteiger partial charge in [-0.2, -0.15) is 0 Å². The van der Waals surface area contributed by atoms with Crippen molar-refractivity contribution in [2.75, 3.05) is 27.2 Å². The Morgan fingerprint density at radius 1 is 1.26 bits per heavy atom. The molecule has 6 nitrogen and oxygen atoms in total. The maximum atomic E-state index is 12.1. The summed E-state index contributed by atoms with van der Waals surface area (Å²) in [5.74, 6) is -0.980. The minimum Gasteiger partial charge on any atom is -0.480 e. The van der Waals surface area contributed by atoms with Gasteiger partial charge in [0.1, 0.15) is 6.04 Å². The topological polar surface area (TPSA) is 72.9 Å². The van der Waals surface area contributed by atoms with Gasteiger partial charge in [0.25, 0.3) is 0 Å². The van der Waals surface area contributed by atoms with Gasteiger partial charge in [-0.05, 0) is 34.4 Å². The highest BCUT2D eigenvalue weighted by Gasteiger charge is 2.24. The van der Waals surface area contributed by atoms with E-state index in [1.165, 1.54) is 0 Å². The van der Waals surface area contributed by atoms with E-state index in [2.05, 4.69) is 5.32 Å². The fourth-order valence-electron chi connectivity index (χ4n) is 2.06. The van der Waals surface area contributed by atoms with Crippen molar-refractivity contribution in [2.45, 2.75) is 45.7 Å². The Labute approximate surface area is 115 Å². The van der Waals surface area contributed by atoms with Crippen LogP contribution in [0.25, 0.3) is 0 Å². The van der Waals surface area contributed by atoms with Gasteiger partial charge in [0.15, 0.2) is 0 Å². The number of nitrogens with zero attached hydrogens (tertiary/aromatic N) is 2. The molecule has 0 spiro atoms. The summed E-state index contributed by atoms with van der Waals surface area (Å²) in [4.78, 5) is 26.8. The molecule has 2 atom stereocenters. The van der Waals surface area contributed by atoms with Crippen molar-refractivity contribution >= 4 is 12.0 Å². The third kappa shape index (κ3) is 6.42. The Hall–Kier alpha value is -1.30. The average Bonchev–Trinajstić information content (AvgIpc) is 2.28. The first-order valence-electron chi connectivity index (χ1n) is 6.78. The van der Waals surface area contributed by atoms with Crippen LogP contribution in [0, 0.1) is 0 Å². The predicted molar refractivity (Wildman–Crippen MR) is 75.3 cm³/mol. The zero-order valence-electron chi connectivity index (χ0n) is 12.6. The van der Waals surface area contributed by atoms with Crippen LogP contribution in [0.3, 0.4) is 0 Å². The number of carboxylic acid groups (broad SMARTS) is 1. The molecule has 0 heterocycles. The second-order valence-corrected chi connectivity index (χ2v) is 5.03. The van der Waals surface area contributed by atoms with E-state index in [0.29, 0.717) is 13.0 Å². The van der Waals surface area contributed by atoms with Crippen LogP contribution in [0.5, 0.6) is 0 Å². The number of likely N-dealkylation sites (N-methyl/N-ethyl adjacent to an activating group) is 2. The predicted octanol–water partition coefficient (Wildman–Crippen LogP) is 1.22. The average molecular weight is 273 g/mol. The molecule has 0 aromatic rings. The van der Waals surface area contributed by atoms with Gasteiger partial charge in [-0.1, -0.05) is 13.3 Å². The molecule has 0 saturated carbocycles. The molecule has 6 heteroatoms. The van der Waals surface area contributed by atoms with E-state index >= 15 is 0 Å². The molecule has 0 aliphatic rings. The number of urea groups is 1. The van der Waals surface area contributed by atoms with Crippen LogP contribution in [0.2, 0.25) is 0 Å². The smallest absolute Gasteiger partial charge is 0.326 e. The molecule has 0 fully saturated rings. The van der Waals surface area contributed by atoms with E-state index in [1.54, 1.807) is 4.90 Å². The maximum absolute atomic E-state index is 12.1.